The van der Waals surface area contributed by atoms with Gasteiger partial charge in [0.25, 0.3) is 0 Å². The first-order valence-electron chi connectivity index (χ1n) is 9.43. The number of fused-ring (bicyclic) bond motifs is 2. The van der Waals surface area contributed by atoms with Crippen LogP contribution in [0, 0.1) is 6.92 Å². The highest BCUT2D eigenvalue weighted by Gasteiger charge is 2.44. The molecule has 2 amide bonds. The zero-order chi connectivity index (χ0) is 20.8. The van der Waals surface area contributed by atoms with Crippen molar-refractivity contribution in [1.29, 1.82) is 0 Å². The molecule has 0 saturated carbocycles. The van der Waals surface area contributed by atoms with Crippen LogP contribution in [0.15, 0.2) is 53.6 Å². The van der Waals surface area contributed by atoms with Crippen LogP contribution in [-0.2, 0) is 9.59 Å². The Balaban J connectivity index is 1.71. The molecule has 1 atom stereocenters. The fourth-order valence-corrected chi connectivity index (χ4v) is 4.52. The second-order valence-electron chi connectivity index (χ2n) is 7.56. The number of carbonyl (C=O) groups excluding carboxylic acids is 2. The van der Waals surface area contributed by atoms with Gasteiger partial charge in [0.1, 0.15) is 16.4 Å². The number of aryl methyl sites for hydroxylation is 1. The van der Waals surface area contributed by atoms with Crippen LogP contribution in [0.5, 0.6) is 0 Å². The number of amides is 2. The van der Waals surface area contributed by atoms with Crippen LogP contribution in [-0.4, -0.2) is 32.6 Å². The highest BCUT2D eigenvalue weighted by molar-refractivity contribution is 8.00. The monoisotopic (exact) mass is 406 g/mol. The fourth-order valence-electron chi connectivity index (χ4n) is 3.49. The van der Waals surface area contributed by atoms with Gasteiger partial charge in [-0.15, -0.1) is 0 Å². The second kappa shape index (κ2) is 7.15. The summed E-state index contributed by atoms with van der Waals surface area (Å²) in [4.78, 5) is 36.8. The third-order valence-electron chi connectivity index (χ3n) is 5.04. The lowest BCUT2D eigenvalue weighted by molar-refractivity contribution is -0.126. The predicted molar refractivity (Wildman–Crippen MR) is 116 cm³/mol. The number of anilines is 2. The Morgan fingerprint density at radius 3 is 2.59 bits per heavy atom. The van der Waals surface area contributed by atoms with Crippen LogP contribution in [0.25, 0.3) is 10.9 Å². The Kier molecular flexibility index (Phi) is 4.78. The van der Waals surface area contributed by atoms with Crippen molar-refractivity contribution in [3.63, 3.8) is 0 Å². The lowest BCUT2D eigenvalue weighted by Crippen LogP contribution is -2.60. The van der Waals surface area contributed by atoms with Gasteiger partial charge < -0.3 is 5.32 Å². The number of nitrogens with one attached hydrogen (secondary N) is 1. The number of nitrogens with zero attached hydrogens (tertiary/aromatic N) is 3. The van der Waals surface area contributed by atoms with Crippen LogP contribution in [0.3, 0.4) is 0 Å². The van der Waals surface area contributed by atoms with E-state index in [0.717, 1.165) is 15.9 Å². The normalized spacial score (nSPS) is 16.3. The smallest absolute Gasteiger partial charge is 0.250 e. The number of benzene rings is 2. The van der Waals surface area contributed by atoms with Gasteiger partial charge in [-0.05, 0) is 45.9 Å². The average molecular weight is 407 g/mol. The molecule has 0 unspecified atom stereocenters. The van der Waals surface area contributed by atoms with Crippen molar-refractivity contribution in [2.75, 3.05) is 10.2 Å². The molecule has 0 aliphatic carbocycles. The number of thioether (sulfide) groups is 1. The van der Waals surface area contributed by atoms with Crippen molar-refractivity contribution in [1.82, 2.24) is 9.97 Å². The molecule has 3 aromatic rings. The summed E-state index contributed by atoms with van der Waals surface area (Å²) in [5.74, 6) is 0.321. The minimum Gasteiger partial charge on any atom is -0.322 e. The number of rotatable bonds is 3. The van der Waals surface area contributed by atoms with E-state index in [9.17, 15) is 9.59 Å². The van der Waals surface area contributed by atoms with E-state index in [0.29, 0.717) is 17.2 Å². The largest absolute Gasteiger partial charge is 0.322 e. The third kappa shape index (κ3) is 3.35. The van der Waals surface area contributed by atoms with Gasteiger partial charge in [0.2, 0.25) is 11.8 Å². The predicted octanol–water partition coefficient (Wildman–Crippen LogP) is 4.18. The Labute approximate surface area is 173 Å². The van der Waals surface area contributed by atoms with E-state index in [1.165, 1.54) is 11.8 Å². The first-order chi connectivity index (χ1) is 13.8. The molecule has 7 heteroatoms. The summed E-state index contributed by atoms with van der Waals surface area (Å²) in [7, 11) is 0. The van der Waals surface area contributed by atoms with Crippen molar-refractivity contribution in [2.45, 2.75) is 43.5 Å². The molecule has 1 N–H and O–H groups in total. The van der Waals surface area contributed by atoms with E-state index in [4.69, 9.17) is 0 Å². The van der Waals surface area contributed by atoms with Gasteiger partial charge >= 0.3 is 0 Å². The van der Waals surface area contributed by atoms with E-state index >= 15 is 0 Å². The van der Waals surface area contributed by atoms with Crippen molar-refractivity contribution < 1.29 is 9.59 Å². The van der Waals surface area contributed by atoms with Crippen molar-refractivity contribution in [3.8, 4) is 0 Å². The molecule has 6 nitrogen and oxygen atoms in total. The van der Waals surface area contributed by atoms with Crippen molar-refractivity contribution >= 4 is 45.9 Å². The summed E-state index contributed by atoms with van der Waals surface area (Å²) >= 11 is 1.39. The maximum atomic E-state index is 13.5. The molecule has 0 radical (unpaired) electrons. The molecule has 0 spiro atoms. The lowest BCUT2D eigenvalue weighted by atomic mass is 9.96. The van der Waals surface area contributed by atoms with E-state index in [1.54, 1.807) is 18.7 Å². The Morgan fingerprint density at radius 2 is 1.79 bits per heavy atom. The number of hydrogen-bond acceptors (Lipinski definition) is 5. The van der Waals surface area contributed by atoms with Crippen LogP contribution >= 0.6 is 11.8 Å². The van der Waals surface area contributed by atoms with Crippen molar-refractivity contribution in [2.24, 2.45) is 0 Å². The molecule has 0 saturated heterocycles. The van der Waals surface area contributed by atoms with Gasteiger partial charge in [-0.25, -0.2) is 9.97 Å². The van der Waals surface area contributed by atoms with Crippen LogP contribution in [0.1, 0.15) is 26.6 Å². The molecule has 0 fully saturated rings. The molecule has 2 aromatic carbocycles. The summed E-state index contributed by atoms with van der Waals surface area (Å²) in [6.45, 7) is 7.22. The summed E-state index contributed by atoms with van der Waals surface area (Å²) in [5, 5.41) is 4.14. The molecule has 1 aromatic heterocycles. The quantitative estimate of drug-likeness (QED) is 0.522. The summed E-state index contributed by atoms with van der Waals surface area (Å²) in [5.41, 5.74) is 1.21. The zero-order valence-corrected chi connectivity index (χ0v) is 17.6. The SMILES string of the molecule is Cc1nc(S[C@H](C)C(=O)N2c3ccccc3NC(=O)C2(C)C)c2ccccc2n1. The standard InChI is InChI=1S/C22H22N4O2S/c1-13(29-19-15-9-5-6-10-16(15)23-14(2)24-19)20(27)26-18-12-8-7-11-17(18)25-21(28)22(26,3)4/h5-13H,1-4H3,(H,25,28)/t13-/m1/s1. The Bertz CT molecular complexity index is 1130. The zero-order valence-electron chi connectivity index (χ0n) is 16.8. The van der Waals surface area contributed by atoms with E-state index in [-0.39, 0.29) is 11.8 Å². The molecule has 148 valence electrons. The number of hydrogen-bond donors (Lipinski definition) is 1. The Morgan fingerprint density at radius 1 is 1.10 bits per heavy atom. The molecule has 29 heavy (non-hydrogen) atoms. The summed E-state index contributed by atoms with van der Waals surface area (Å²) < 4.78 is 0. The van der Waals surface area contributed by atoms with E-state index in [1.807, 2.05) is 62.4 Å². The van der Waals surface area contributed by atoms with Gasteiger partial charge in [-0.2, -0.15) is 0 Å². The van der Waals surface area contributed by atoms with Gasteiger partial charge in [-0.1, -0.05) is 42.1 Å². The average Bonchev–Trinajstić information content (AvgIpc) is 2.68. The van der Waals surface area contributed by atoms with Gasteiger partial charge in [0.15, 0.2) is 0 Å². The molecule has 1 aliphatic heterocycles. The molecule has 1 aliphatic rings. The number of carbonyl (C=O) groups is 2. The molecular formula is C22H22N4O2S. The number of para-hydroxylation sites is 3. The summed E-state index contributed by atoms with van der Waals surface area (Å²) in [6, 6.07) is 15.1. The molecule has 2 heterocycles. The molecular weight excluding hydrogens is 384 g/mol. The van der Waals surface area contributed by atoms with Crippen molar-refractivity contribution in [3.05, 3.63) is 54.4 Å². The van der Waals surface area contributed by atoms with E-state index < -0.39 is 10.8 Å². The highest BCUT2D eigenvalue weighted by atomic mass is 32.2. The minimum atomic E-state index is -0.996. The van der Waals surface area contributed by atoms with E-state index in [2.05, 4.69) is 15.3 Å². The Hall–Kier alpha value is -2.93. The number of aromatic nitrogens is 2. The lowest BCUT2D eigenvalue weighted by Gasteiger charge is -2.43. The van der Waals surface area contributed by atoms with Gasteiger partial charge in [0, 0.05) is 5.39 Å². The minimum absolute atomic E-state index is 0.136. The first-order valence-corrected chi connectivity index (χ1v) is 10.3. The van der Waals surface area contributed by atoms with Crippen LogP contribution in [0.4, 0.5) is 11.4 Å². The maximum Gasteiger partial charge on any atom is 0.250 e. The van der Waals surface area contributed by atoms with Crippen LogP contribution < -0.4 is 10.2 Å². The second-order valence-corrected chi connectivity index (χ2v) is 8.89. The first kappa shape index (κ1) is 19.4. The molecule has 4 rings (SSSR count). The molecule has 0 bridgehead atoms. The van der Waals surface area contributed by atoms with Gasteiger partial charge in [0.05, 0.1) is 22.1 Å². The van der Waals surface area contributed by atoms with Crippen LogP contribution in [0.2, 0.25) is 0 Å². The topological polar surface area (TPSA) is 75.2 Å². The maximum absolute atomic E-state index is 13.5. The summed E-state index contributed by atoms with van der Waals surface area (Å²) in [6.07, 6.45) is 0. The highest BCUT2D eigenvalue weighted by Crippen LogP contribution is 2.39. The third-order valence-corrected chi connectivity index (χ3v) is 6.13. The fraction of sp³-hybridized carbons (Fsp3) is 0.273. The van der Waals surface area contributed by atoms with Gasteiger partial charge in [-0.3, -0.25) is 14.5 Å².